The van der Waals surface area contributed by atoms with Crippen LogP contribution >= 0.6 is 23.5 Å². The molecule has 1 N–H and O–H groups in total. The number of benzene rings is 2. The van der Waals surface area contributed by atoms with E-state index in [1.54, 1.807) is 24.3 Å². The van der Waals surface area contributed by atoms with Crippen molar-refractivity contribution in [1.29, 1.82) is 0 Å². The molecule has 118 valence electrons. The molecule has 2 aromatic rings. The molecule has 1 amide bonds. The summed E-state index contributed by atoms with van der Waals surface area (Å²) >= 11 is 3.02. The molecule has 1 aliphatic heterocycles. The molecular weight excluding hydrogens is 328 g/mol. The van der Waals surface area contributed by atoms with Crippen LogP contribution in [0.4, 0.5) is 0 Å². The maximum absolute atomic E-state index is 12.7. The summed E-state index contributed by atoms with van der Waals surface area (Å²) < 4.78 is 0.812. The van der Waals surface area contributed by atoms with Gasteiger partial charge in [-0.25, -0.2) is 5.01 Å². The molecule has 23 heavy (non-hydrogen) atoms. The predicted molar refractivity (Wildman–Crippen MR) is 96.0 cm³/mol. The number of aliphatic hydroxyl groups is 1. The Morgan fingerprint density at radius 1 is 1.17 bits per heavy atom. The van der Waals surface area contributed by atoms with Crippen LogP contribution in [0.25, 0.3) is 0 Å². The van der Waals surface area contributed by atoms with Crippen molar-refractivity contribution in [2.45, 2.75) is 11.5 Å². The van der Waals surface area contributed by atoms with Gasteiger partial charge in [-0.3, -0.25) is 4.79 Å². The van der Waals surface area contributed by atoms with Crippen LogP contribution in [0.3, 0.4) is 0 Å². The van der Waals surface area contributed by atoms with Gasteiger partial charge in [0.15, 0.2) is 10.5 Å². The summed E-state index contributed by atoms with van der Waals surface area (Å²) in [5.74, 6) is -0.415. The summed E-state index contributed by atoms with van der Waals surface area (Å²) in [7, 11) is 0. The van der Waals surface area contributed by atoms with Gasteiger partial charge in [0.2, 0.25) is 0 Å². The Hall–Kier alpha value is -1.76. The normalized spacial score (nSPS) is 18.6. The topological polar surface area (TPSA) is 52.9 Å². The summed E-state index contributed by atoms with van der Waals surface area (Å²) in [6.45, 7) is 0. The molecule has 0 spiro atoms. The maximum atomic E-state index is 12.7. The molecule has 0 aliphatic carbocycles. The standard InChI is InChI=1S/C17H16N2O2S2/c1-22-17-18-19(16(23-17)13-10-6-3-7-11-13)15(21)14(20)12-8-4-2-5-9-12/h2-11,14,16,20H,1H3/t14-,16-/m1/s1. The van der Waals surface area contributed by atoms with Crippen molar-refractivity contribution in [3.05, 3.63) is 71.8 Å². The number of amides is 1. The van der Waals surface area contributed by atoms with E-state index in [4.69, 9.17) is 0 Å². The van der Waals surface area contributed by atoms with E-state index < -0.39 is 12.0 Å². The van der Waals surface area contributed by atoms with Gasteiger partial charge in [0.05, 0.1) is 0 Å². The number of hydrogen-bond acceptors (Lipinski definition) is 5. The molecule has 1 heterocycles. The number of aliphatic hydroxyl groups excluding tert-OH is 1. The quantitative estimate of drug-likeness (QED) is 0.924. The summed E-state index contributed by atoms with van der Waals surface area (Å²) in [4.78, 5) is 12.7. The van der Waals surface area contributed by atoms with Crippen molar-refractivity contribution in [2.24, 2.45) is 5.10 Å². The lowest BCUT2D eigenvalue weighted by molar-refractivity contribution is -0.141. The highest BCUT2D eigenvalue weighted by Gasteiger charge is 2.36. The first kappa shape index (κ1) is 16.1. The van der Waals surface area contributed by atoms with Gasteiger partial charge in [0.25, 0.3) is 5.91 Å². The number of carbonyl (C=O) groups excluding carboxylic acids is 1. The second kappa shape index (κ2) is 7.21. The van der Waals surface area contributed by atoms with Crippen LogP contribution in [0.15, 0.2) is 65.8 Å². The Balaban J connectivity index is 1.88. The van der Waals surface area contributed by atoms with Crippen LogP contribution in [-0.2, 0) is 4.79 Å². The molecule has 0 saturated heterocycles. The van der Waals surface area contributed by atoms with Crippen molar-refractivity contribution in [1.82, 2.24) is 5.01 Å². The van der Waals surface area contributed by atoms with Crippen molar-refractivity contribution in [3.8, 4) is 0 Å². The van der Waals surface area contributed by atoms with E-state index in [0.717, 1.165) is 9.94 Å². The summed E-state index contributed by atoms with van der Waals surface area (Å²) in [5, 5.41) is 15.9. The first-order valence-corrected chi connectivity index (χ1v) is 9.21. The zero-order valence-electron chi connectivity index (χ0n) is 12.5. The molecule has 0 radical (unpaired) electrons. The zero-order valence-corrected chi connectivity index (χ0v) is 14.1. The minimum atomic E-state index is -1.21. The average Bonchev–Trinajstić information content (AvgIpc) is 3.06. The Morgan fingerprint density at radius 3 is 2.39 bits per heavy atom. The summed E-state index contributed by atoms with van der Waals surface area (Å²) in [6.07, 6.45) is 0.711. The molecule has 2 aromatic carbocycles. The molecule has 0 fully saturated rings. The third kappa shape index (κ3) is 3.44. The van der Waals surface area contributed by atoms with Gasteiger partial charge in [-0.1, -0.05) is 72.4 Å². The van der Waals surface area contributed by atoms with Gasteiger partial charge in [-0.15, -0.1) is 11.8 Å². The molecule has 2 atom stereocenters. The number of hydrazone groups is 1. The van der Waals surface area contributed by atoms with Crippen LogP contribution in [0.1, 0.15) is 22.6 Å². The smallest absolute Gasteiger partial charge is 0.277 e. The molecule has 0 unspecified atom stereocenters. The van der Waals surface area contributed by atoms with Crippen molar-refractivity contribution in [3.63, 3.8) is 0 Å². The van der Waals surface area contributed by atoms with Gasteiger partial charge in [-0.2, -0.15) is 5.10 Å². The number of carbonyl (C=O) groups is 1. The predicted octanol–water partition coefficient (Wildman–Crippen LogP) is 3.63. The van der Waals surface area contributed by atoms with Crippen molar-refractivity contribution in [2.75, 3.05) is 6.26 Å². The van der Waals surface area contributed by atoms with Crippen molar-refractivity contribution >= 4 is 33.8 Å². The lowest BCUT2D eigenvalue weighted by atomic mass is 10.1. The number of nitrogens with zero attached hydrogens (tertiary/aromatic N) is 2. The highest BCUT2D eigenvalue weighted by Crippen LogP contribution is 2.43. The number of rotatable bonds is 3. The largest absolute Gasteiger partial charge is 0.378 e. The van der Waals surface area contributed by atoms with Gasteiger partial charge in [0, 0.05) is 0 Å². The molecular formula is C17H16N2O2S2. The van der Waals surface area contributed by atoms with Gasteiger partial charge in [0.1, 0.15) is 5.37 Å². The van der Waals surface area contributed by atoms with E-state index in [0.29, 0.717) is 5.56 Å². The van der Waals surface area contributed by atoms with Crippen LogP contribution < -0.4 is 0 Å². The Kier molecular flexibility index (Phi) is 5.05. The van der Waals surface area contributed by atoms with Gasteiger partial charge in [-0.05, 0) is 17.4 Å². The molecule has 4 nitrogen and oxygen atoms in total. The summed E-state index contributed by atoms with van der Waals surface area (Å²) in [5.41, 5.74) is 1.56. The fraction of sp³-hybridized carbons (Fsp3) is 0.176. The Labute approximate surface area is 143 Å². The number of hydrogen-bond donors (Lipinski definition) is 1. The molecule has 0 aromatic heterocycles. The van der Waals surface area contributed by atoms with Crippen LogP contribution in [0.2, 0.25) is 0 Å². The van der Waals surface area contributed by atoms with Crippen LogP contribution in [-0.4, -0.2) is 26.7 Å². The van der Waals surface area contributed by atoms with E-state index in [1.807, 2.05) is 42.7 Å². The molecule has 0 saturated carbocycles. The SMILES string of the molecule is CSC1=NN(C(=O)[C@H](O)c2ccccc2)[C@@H](c2ccccc2)S1. The highest BCUT2D eigenvalue weighted by molar-refractivity contribution is 8.38. The van der Waals surface area contributed by atoms with E-state index in [1.165, 1.54) is 28.5 Å². The fourth-order valence-electron chi connectivity index (χ4n) is 2.29. The second-order valence-corrected chi connectivity index (χ2v) is 7.07. The van der Waals surface area contributed by atoms with Gasteiger partial charge < -0.3 is 5.11 Å². The zero-order chi connectivity index (χ0) is 16.2. The third-order valence-corrected chi connectivity index (χ3v) is 5.66. The first-order valence-electron chi connectivity index (χ1n) is 7.11. The minimum absolute atomic E-state index is 0.246. The lowest BCUT2D eigenvalue weighted by Crippen LogP contribution is -2.31. The Bertz CT molecular complexity index is 707. The lowest BCUT2D eigenvalue weighted by Gasteiger charge is -2.23. The molecule has 6 heteroatoms. The number of thioether (sulfide) groups is 2. The maximum Gasteiger partial charge on any atom is 0.277 e. The van der Waals surface area contributed by atoms with E-state index in [-0.39, 0.29) is 5.37 Å². The third-order valence-electron chi connectivity index (χ3n) is 3.46. The van der Waals surface area contributed by atoms with Gasteiger partial charge >= 0.3 is 0 Å². The van der Waals surface area contributed by atoms with Crippen LogP contribution in [0.5, 0.6) is 0 Å². The molecule has 1 aliphatic rings. The Morgan fingerprint density at radius 2 is 1.78 bits per heavy atom. The van der Waals surface area contributed by atoms with E-state index in [2.05, 4.69) is 5.10 Å². The summed E-state index contributed by atoms with van der Waals surface area (Å²) in [6, 6.07) is 18.7. The fourth-order valence-corrected chi connectivity index (χ4v) is 3.99. The monoisotopic (exact) mass is 344 g/mol. The second-order valence-electron chi connectivity index (χ2n) is 4.95. The highest BCUT2D eigenvalue weighted by atomic mass is 32.2. The minimum Gasteiger partial charge on any atom is -0.378 e. The van der Waals surface area contributed by atoms with Crippen LogP contribution in [0, 0.1) is 0 Å². The average molecular weight is 344 g/mol. The molecule has 0 bridgehead atoms. The first-order chi connectivity index (χ1) is 11.2. The van der Waals surface area contributed by atoms with E-state index >= 15 is 0 Å². The molecule has 3 rings (SSSR count). The van der Waals surface area contributed by atoms with E-state index in [9.17, 15) is 9.90 Å². The van der Waals surface area contributed by atoms with Crippen molar-refractivity contribution < 1.29 is 9.90 Å².